The van der Waals surface area contributed by atoms with Crippen molar-refractivity contribution in [3.8, 4) is 0 Å². The first-order chi connectivity index (χ1) is 8.48. The van der Waals surface area contributed by atoms with Crippen molar-refractivity contribution in [3.63, 3.8) is 0 Å². The quantitative estimate of drug-likeness (QED) is 0.410. The number of rotatable bonds is 7. The van der Waals surface area contributed by atoms with Crippen molar-refractivity contribution < 1.29 is 4.74 Å². The highest BCUT2D eigenvalue weighted by Gasteiger charge is 2.23. The largest absolute Gasteiger partial charge is 0.500 e. The van der Waals surface area contributed by atoms with Gasteiger partial charge in [0.05, 0.1) is 12.9 Å². The number of hydrogen-bond donors (Lipinski definition) is 1. The van der Waals surface area contributed by atoms with Crippen LogP contribution in [0.25, 0.3) is 0 Å². The fourth-order valence-electron chi connectivity index (χ4n) is 1.35. The van der Waals surface area contributed by atoms with Crippen molar-refractivity contribution >= 4 is 0 Å². The summed E-state index contributed by atoms with van der Waals surface area (Å²) in [6, 6.07) is 0. The fraction of sp³-hybridized carbons (Fsp3) is 0.750. The monoisotopic (exact) mass is 255 g/mol. The maximum atomic E-state index is 5.27. The van der Waals surface area contributed by atoms with Gasteiger partial charge >= 0.3 is 0 Å². The minimum absolute atomic E-state index is 0.0635. The Labute approximate surface area is 115 Å². The summed E-state index contributed by atoms with van der Waals surface area (Å²) < 4.78 is 5.27. The molecule has 0 bridgehead atoms. The van der Waals surface area contributed by atoms with Gasteiger partial charge in [-0.15, -0.1) is 0 Å². The van der Waals surface area contributed by atoms with Crippen LogP contribution >= 0.6 is 0 Å². The van der Waals surface area contributed by atoms with Crippen molar-refractivity contribution in [1.82, 2.24) is 5.32 Å². The summed E-state index contributed by atoms with van der Waals surface area (Å²) in [6.07, 6.45) is 9.19. The predicted octanol–water partition coefficient (Wildman–Crippen LogP) is 4.53. The average molecular weight is 255 g/mol. The average Bonchev–Trinajstić information content (AvgIpc) is 2.30. The summed E-state index contributed by atoms with van der Waals surface area (Å²) in [5.41, 5.74) is 0.0635. The van der Waals surface area contributed by atoms with E-state index in [4.69, 9.17) is 4.74 Å². The number of hydrogen-bond acceptors (Lipinski definition) is 2. The normalized spacial score (nSPS) is 14.7. The number of nitrogens with one attached hydrogen (secondary N) is 1. The molecule has 0 heterocycles. The van der Waals surface area contributed by atoms with Crippen LogP contribution < -0.4 is 5.32 Å². The molecule has 0 amide bonds. The van der Waals surface area contributed by atoms with Gasteiger partial charge in [0, 0.05) is 12.1 Å². The number of ether oxygens (including phenoxy) is 1. The van der Waals surface area contributed by atoms with Crippen LogP contribution in [0.4, 0.5) is 0 Å². The van der Waals surface area contributed by atoms with Crippen LogP contribution in [-0.2, 0) is 4.74 Å². The molecule has 0 saturated carbocycles. The molecule has 18 heavy (non-hydrogen) atoms. The Hall–Kier alpha value is -0.760. The lowest BCUT2D eigenvalue weighted by atomic mass is 9.88. The maximum Gasteiger partial charge on any atom is 0.0997 e. The van der Waals surface area contributed by atoms with Crippen LogP contribution in [0, 0.1) is 5.92 Å². The third kappa shape index (κ3) is 10.4. The fourth-order valence-corrected chi connectivity index (χ4v) is 1.35. The van der Waals surface area contributed by atoms with Crippen molar-refractivity contribution in [2.45, 2.75) is 60.4 Å². The Bertz CT molecular complexity index is 221. The molecule has 0 spiro atoms. The Morgan fingerprint density at radius 2 is 1.72 bits per heavy atom. The second kappa shape index (κ2) is 12.7. The first-order valence-electron chi connectivity index (χ1n) is 7.10. The molecule has 0 rings (SSSR count). The molecule has 0 aliphatic rings. The topological polar surface area (TPSA) is 21.3 Å². The van der Waals surface area contributed by atoms with Crippen LogP contribution in [0.2, 0.25) is 0 Å². The molecule has 0 aliphatic carbocycles. The van der Waals surface area contributed by atoms with E-state index in [1.807, 2.05) is 13.0 Å². The highest BCUT2D eigenvalue weighted by Crippen LogP contribution is 2.17. The van der Waals surface area contributed by atoms with E-state index in [2.05, 4.69) is 59.0 Å². The van der Waals surface area contributed by atoms with Crippen LogP contribution in [0.1, 0.15) is 54.9 Å². The molecule has 108 valence electrons. The van der Waals surface area contributed by atoms with Crippen LogP contribution in [-0.4, -0.2) is 18.7 Å². The molecular formula is C16H33NO. The Morgan fingerprint density at radius 3 is 2.11 bits per heavy atom. The van der Waals surface area contributed by atoms with E-state index in [-0.39, 0.29) is 5.54 Å². The van der Waals surface area contributed by atoms with Gasteiger partial charge in [0.25, 0.3) is 0 Å². The van der Waals surface area contributed by atoms with Gasteiger partial charge in [0.15, 0.2) is 0 Å². The molecule has 0 aliphatic heterocycles. The number of allylic oxidation sites excluding steroid dienone is 2. The van der Waals surface area contributed by atoms with Gasteiger partial charge in [-0.2, -0.15) is 0 Å². The van der Waals surface area contributed by atoms with E-state index in [9.17, 15) is 0 Å². The second-order valence-electron chi connectivity index (χ2n) is 4.91. The first kappa shape index (κ1) is 19.6. The zero-order valence-corrected chi connectivity index (χ0v) is 13.4. The Balaban J connectivity index is 0. The lowest BCUT2D eigenvalue weighted by Crippen LogP contribution is -2.46. The molecule has 0 aromatic rings. The van der Waals surface area contributed by atoms with Gasteiger partial charge in [-0.3, -0.25) is 0 Å². The summed E-state index contributed by atoms with van der Waals surface area (Å²) in [6.45, 7) is 16.5. The van der Waals surface area contributed by atoms with E-state index in [0.717, 1.165) is 6.54 Å². The molecule has 2 heteroatoms. The van der Waals surface area contributed by atoms with Crippen LogP contribution in [0.15, 0.2) is 24.5 Å². The summed E-state index contributed by atoms with van der Waals surface area (Å²) in [7, 11) is 0. The molecule has 0 radical (unpaired) electrons. The van der Waals surface area contributed by atoms with Gasteiger partial charge in [0.1, 0.15) is 0 Å². The standard InChI is InChI=1S/C13H25NO.C3H8/c1-6-8-13(5,12(3)4)14-9-11-15-10-7-2;1-3-2/h6-8,10,12,14H,9,11H2,1-5H3;3H2,1-2H3/b8-6?,10-7+;. The van der Waals surface area contributed by atoms with E-state index in [0.29, 0.717) is 12.5 Å². The van der Waals surface area contributed by atoms with Gasteiger partial charge < -0.3 is 10.1 Å². The van der Waals surface area contributed by atoms with E-state index >= 15 is 0 Å². The lowest BCUT2D eigenvalue weighted by molar-refractivity contribution is 0.224. The summed E-state index contributed by atoms with van der Waals surface area (Å²) in [4.78, 5) is 0. The smallest absolute Gasteiger partial charge is 0.0997 e. The molecule has 0 aromatic carbocycles. The minimum Gasteiger partial charge on any atom is -0.500 e. The molecular weight excluding hydrogens is 222 g/mol. The van der Waals surface area contributed by atoms with E-state index < -0.39 is 0 Å². The highest BCUT2D eigenvalue weighted by atomic mass is 16.5. The minimum atomic E-state index is 0.0635. The van der Waals surface area contributed by atoms with Crippen molar-refractivity contribution in [3.05, 3.63) is 24.5 Å². The molecule has 1 atom stereocenters. The van der Waals surface area contributed by atoms with Gasteiger partial charge in [-0.25, -0.2) is 0 Å². The molecule has 0 fully saturated rings. The molecule has 1 N–H and O–H groups in total. The summed E-state index contributed by atoms with van der Waals surface area (Å²) >= 11 is 0. The van der Waals surface area contributed by atoms with Gasteiger partial charge in [0.2, 0.25) is 0 Å². The Kier molecular flexibility index (Phi) is 13.8. The van der Waals surface area contributed by atoms with Crippen molar-refractivity contribution in [2.75, 3.05) is 13.2 Å². The third-order valence-electron chi connectivity index (χ3n) is 2.67. The van der Waals surface area contributed by atoms with E-state index in [1.54, 1.807) is 6.26 Å². The third-order valence-corrected chi connectivity index (χ3v) is 2.67. The summed E-state index contributed by atoms with van der Waals surface area (Å²) in [5.74, 6) is 0.565. The molecule has 2 nitrogen and oxygen atoms in total. The first-order valence-corrected chi connectivity index (χ1v) is 7.10. The zero-order chi connectivity index (χ0) is 14.4. The Morgan fingerprint density at radius 1 is 1.17 bits per heavy atom. The van der Waals surface area contributed by atoms with E-state index in [1.165, 1.54) is 6.42 Å². The summed E-state index contributed by atoms with van der Waals surface area (Å²) in [5, 5.41) is 3.51. The second-order valence-corrected chi connectivity index (χ2v) is 4.91. The molecule has 0 aromatic heterocycles. The van der Waals surface area contributed by atoms with Gasteiger partial charge in [-0.1, -0.05) is 52.3 Å². The molecule has 1 unspecified atom stereocenters. The van der Waals surface area contributed by atoms with Crippen molar-refractivity contribution in [1.29, 1.82) is 0 Å². The highest BCUT2D eigenvalue weighted by molar-refractivity contribution is 5.04. The van der Waals surface area contributed by atoms with Crippen LogP contribution in [0.5, 0.6) is 0 Å². The SMILES string of the molecule is CC=CC(C)(NCCO/C=C/C)C(C)C.CCC. The lowest BCUT2D eigenvalue weighted by Gasteiger charge is -2.32. The predicted molar refractivity (Wildman–Crippen MR) is 82.8 cm³/mol. The van der Waals surface area contributed by atoms with Crippen molar-refractivity contribution in [2.24, 2.45) is 5.92 Å². The maximum absolute atomic E-state index is 5.27. The van der Waals surface area contributed by atoms with Crippen LogP contribution in [0.3, 0.4) is 0 Å². The zero-order valence-electron chi connectivity index (χ0n) is 13.4. The molecule has 0 saturated heterocycles. The van der Waals surface area contributed by atoms with Gasteiger partial charge in [-0.05, 0) is 26.7 Å².